The molecule has 3 rings (SSSR count). The Bertz CT molecular complexity index is 1110. The fourth-order valence-electron chi connectivity index (χ4n) is 3.26. The fraction of sp³-hybridized carbons (Fsp3) is 0.440. The maximum absolute atomic E-state index is 12.7. The summed E-state index contributed by atoms with van der Waals surface area (Å²) in [6, 6.07) is 11.9. The number of para-hydroxylation sites is 1. The zero-order valence-corrected chi connectivity index (χ0v) is 21.7. The maximum Gasteiger partial charge on any atom is 0.325 e. The molecule has 35 heavy (non-hydrogen) atoms. The number of piperazine rings is 1. The molecule has 0 aliphatic carbocycles. The summed E-state index contributed by atoms with van der Waals surface area (Å²) in [6.07, 6.45) is 0. The smallest absolute Gasteiger partial charge is 0.325 e. The predicted molar refractivity (Wildman–Crippen MR) is 136 cm³/mol. The van der Waals surface area contributed by atoms with Gasteiger partial charge in [-0.05, 0) is 58.9 Å². The quantitative estimate of drug-likeness (QED) is 0.404. The summed E-state index contributed by atoms with van der Waals surface area (Å²) in [5.74, 6) is -0.970. The minimum absolute atomic E-state index is 0.0620. The van der Waals surface area contributed by atoms with E-state index < -0.39 is 21.8 Å². The lowest BCUT2D eigenvalue weighted by atomic mass is 10.1. The minimum atomic E-state index is -3.71. The lowest BCUT2D eigenvalue weighted by Gasteiger charge is -2.28. The van der Waals surface area contributed by atoms with Crippen LogP contribution >= 0.6 is 0 Å². The number of aliphatic carboxylic acids is 1. The van der Waals surface area contributed by atoms with Crippen molar-refractivity contribution in [3.05, 3.63) is 54.1 Å². The second-order valence-electron chi connectivity index (χ2n) is 9.47. The monoisotopic (exact) mass is 504 g/mol. The highest BCUT2D eigenvalue weighted by Crippen LogP contribution is 2.28. The summed E-state index contributed by atoms with van der Waals surface area (Å²) in [5.41, 5.74) is 1.10. The highest BCUT2D eigenvalue weighted by molar-refractivity contribution is 7.91. The number of carboxylic acid groups (broad SMARTS) is 1. The maximum atomic E-state index is 12.7. The number of amides is 1. The van der Waals surface area contributed by atoms with E-state index in [1.54, 1.807) is 42.5 Å². The molecule has 2 aromatic rings. The first kappa shape index (κ1) is 28.3. The molecule has 1 aliphatic heterocycles. The van der Waals surface area contributed by atoms with Crippen molar-refractivity contribution in [3.8, 4) is 0 Å². The Balaban J connectivity index is 0.000000283. The van der Waals surface area contributed by atoms with Crippen molar-refractivity contribution in [2.75, 3.05) is 25.0 Å². The second kappa shape index (κ2) is 12.1. The van der Waals surface area contributed by atoms with Gasteiger partial charge in [0.1, 0.15) is 6.04 Å². The average molecular weight is 505 g/mol. The normalized spacial score (nSPS) is 16.9. The van der Waals surface area contributed by atoms with Crippen molar-refractivity contribution in [2.45, 2.75) is 62.0 Å². The first-order valence-corrected chi connectivity index (χ1v) is 13.0. The molecule has 0 aromatic heterocycles. The van der Waals surface area contributed by atoms with Crippen LogP contribution in [0.4, 0.5) is 5.69 Å². The van der Waals surface area contributed by atoms with Crippen LogP contribution in [0, 0.1) is 6.92 Å². The van der Waals surface area contributed by atoms with Crippen molar-refractivity contribution in [1.29, 1.82) is 0 Å². The molecule has 0 spiro atoms. The molecule has 0 radical (unpaired) electrons. The number of sulfone groups is 1. The van der Waals surface area contributed by atoms with Crippen LogP contribution in [-0.4, -0.2) is 62.7 Å². The van der Waals surface area contributed by atoms with E-state index in [0.717, 1.165) is 25.2 Å². The third-order valence-electron chi connectivity index (χ3n) is 5.11. The average Bonchev–Trinajstić information content (AvgIpc) is 2.79. The minimum Gasteiger partial charge on any atom is -0.480 e. The van der Waals surface area contributed by atoms with Gasteiger partial charge in [-0.3, -0.25) is 9.59 Å². The summed E-state index contributed by atoms with van der Waals surface area (Å²) in [4.78, 5) is 22.8. The van der Waals surface area contributed by atoms with E-state index in [9.17, 15) is 18.0 Å². The molecule has 192 valence electrons. The van der Waals surface area contributed by atoms with Crippen LogP contribution in [-0.2, 0) is 19.4 Å². The van der Waals surface area contributed by atoms with Crippen molar-refractivity contribution in [1.82, 2.24) is 16.0 Å². The number of aryl methyl sites for hydroxylation is 1. The molecule has 1 fully saturated rings. The molecule has 10 heteroatoms. The largest absolute Gasteiger partial charge is 0.480 e. The Labute approximate surface area is 207 Å². The Morgan fingerprint density at radius 1 is 1.06 bits per heavy atom. The van der Waals surface area contributed by atoms with E-state index in [-0.39, 0.29) is 33.0 Å². The van der Waals surface area contributed by atoms with Gasteiger partial charge < -0.3 is 26.4 Å². The van der Waals surface area contributed by atoms with Gasteiger partial charge in [0.2, 0.25) is 15.7 Å². The van der Waals surface area contributed by atoms with Crippen molar-refractivity contribution < 1.29 is 23.1 Å². The Kier molecular flexibility index (Phi) is 9.82. The number of carbonyl (C=O) groups excluding carboxylic acids is 1. The van der Waals surface area contributed by atoms with Crippen LogP contribution < -0.4 is 21.3 Å². The van der Waals surface area contributed by atoms with E-state index in [1.165, 1.54) is 13.0 Å². The van der Waals surface area contributed by atoms with Crippen LogP contribution in [0.5, 0.6) is 0 Å². The number of carboxylic acids is 1. The highest BCUT2D eigenvalue weighted by atomic mass is 32.2. The Hall–Kier alpha value is -2.95. The van der Waals surface area contributed by atoms with Gasteiger partial charge in [0.25, 0.3) is 0 Å². The number of benzene rings is 2. The third kappa shape index (κ3) is 8.65. The first-order valence-electron chi connectivity index (χ1n) is 11.5. The number of nitrogens with one attached hydrogen (secondary N) is 4. The van der Waals surface area contributed by atoms with E-state index in [2.05, 4.69) is 21.3 Å². The van der Waals surface area contributed by atoms with E-state index in [1.807, 2.05) is 27.7 Å². The van der Waals surface area contributed by atoms with Gasteiger partial charge in [-0.1, -0.05) is 29.8 Å². The zero-order chi connectivity index (χ0) is 26.2. The standard InChI is InChI=1S/C16H17NO4S.C9H19N3O/c1-11-7-9-13(10-8-11)22(20,21)15-6-4-3-5-14(15)17-12(2)16(18)19;1-9(2,3)12-8(13)7-6-10-4-5-11-7/h3-10,12,17H,1-2H3,(H,18,19);7,10-11H,4-6H2,1-3H3,(H,12,13)/t;7-/m.0/s1. The highest BCUT2D eigenvalue weighted by Gasteiger charge is 2.24. The molecular weight excluding hydrogens is 468 g/mol. The molecule has 1 saturated heterocycles. The van der Waals surface area contributed by atoms with Crippen molar-refractivity contribution >= 4 is 27.4 Å². The number of hydrogen-bond acceptors (Lipinski definition) is 7. The zero-order valence-electron chi connectivity index (χ0n) is 20.9. The molecule has 2 atom stereocenters. The Morgan fingerprint density at radius 2 is 1.69 bits per heavy atom. The summed E-state index contributed by atoms with van der Waals surface area (Å²) in [5, 5.41) is 21.0. The molecular formula is C25H36N4O5S. The van der Waals surface area contributed by atoms with Crippen LogP contribution in [0.15, 0.2) is 58.3 Å². The summed E-state index contributed by atoms with van der Waals surface area (Å²) in [6.45, 7) is 11.8. The van der Waals surface area contributed by atoms with Gasteiger partial charge in [0.15, 0.2) is 0 Å². The summed E-state index contributed by atoms with van der Waals surface area (Å²) in [7, 11) is -3.71. The van der Waals surface area contributed by atoms with Crippen molar-refractivity contribution in [3.63, 3.8) is 0 Å². The number of hydrogen-bond donors (Lipinski definition) is 5. The molecule has 1 aliphatic rings. The van der Waals surface area contributed by atoms with Gasteiger partial charge in [-0.25, -0.2) is 8.42 Å². The SMILES string of the molecule is CC(C)(C)NC(=O)[C@@H]1CNCCN1.Cc1ccc(S(=O)(=O)c2ccccc2NC(C)C(=O)O)cc1. The molecule has 1 unspecified atom stereocenters. The number of carbonyl (C=O) groups is 2. The van der Waals surface area contributed by atoms with Gasteiger partial charge in [0.05, 0.1) is 21.5 Å². The van der Waals surface area contributed by atoms with Gasteiger partial charge in [-0.2, -0.15) is 0 Å². The van der Waals surface area contributed by atoms with Crippen LogP contribution in [0.3, 0.4) is 0 Å². The van der Waals surface area contributed by atoms with Crippen LogP contribution in [0.25, 0.3) is 0 Å². The van der Waals surface area contributed by atoms with Crippen LogP contribution in [0.2, 0.25) is 0 Å². The Morgan fingerprint density at radius 3 is 2.23 bits per heavy atom. The topological polar surface area (TPSA) is 137 Å². The van der Waals surface area contributed by atoms with Gasteiger partial charge in [-0.15, -0.1) is 0 Å². The number of anilines is 1. The summed E-state index contributed by atoms with van der Waals surface area (Å²) < 4.78 is 25.5. The van der Waals surface area contributed by atoms with E-state index >= 15 is 0 Å². The van der Waals surface area contributed by atoms with Gasteiger partial charge >= 0.3 is 5.97 Å². The molecule has 1 amide bonds. The molecule has 1 heterocycles. The molecule has 0 saturated carbocycles. The van der Waals surface area contributed by atoms with E-state index in [0.29, 0.717) is 0 Å². The predicted octanol–water partition coefficient (Wildman–Crippen LogP) is 2.18. The summed E-state index contributed by atoms with van der Waals surface area (Å²) >= 11 is 0. The first-order chi connectivity index (χ1) is 16.3. The van der Waals surface area contributed by atoms with Gasteiger partial charge in [0, 0.05) is 25.2 Å². The third-order valence-corrected chi connectivity index (χ3v) is 6.93. The second-order valence-corrected chi connectivity index (χ2v) is 11.4. The number of rotatable bonds is 6. The molecule has 9 nitrogen and oxygen atoms in total. The molecule has 0 bridgehead atoms. The lowest BCUT2D eigenvalue weighted by molar-refractivity contribution is -0.137. The van der Waals surface area contributed by atoms with Crippen LogP contribution in [0.1, 0.15) is 33.3 Å². The van der Waals surface area contributed by atoms with Crippen molar-refractivity contribution in [2.24, 2.45) is 0 Å². The fourth-order valence-corrected chi connectivity index (χ4v) is 4.68. The lowest BCUT2D eigenvalue weighted by Crippen LogP contribution is -2.58. The molecule has 5 N–H and O–H groups in total. The van der Waals surface area contributed by atoms with E-state index in [4.69, 9.17) is 5.11 Å². The molecule has 2 aromatic carbocycles.